The number of aliphatic hydroxyl groups excluding tert-OH is 1. The maximum atomic E-state index is 10.3. The molecule has 0 bridgehead atoms. The molecule has 3 N–H and O–H groups in total. The number of hydrogen-bond donors (Lipinski definition) is 3. The Bertz CT molecular complexity index is 803. The van der Waals surface area contributed by atoms with E-state index in [-0.39, 0.29) is 25.3 Å². The molecule has 166 valence electrons. The van der Waals surface area contributed by atoms with E-state index in [1.165, 1.54) is 11.3 Å². The highest BCUT2D eigenvalue weighted by Gasteiger charge is 2.15. The van der Waals surface area contributed by atoms with Gasteiger partial charge in [-0.25, -0.2) is 0 Å². The molecule has 0 aliphatic carbocycles. The zero-order valence-corrected chi connectivity index (χ0v) is 19.1. The van der Waals surface area contributed by atoms with Crippen LogP contribution in [0.15, 0.2) is 35.3 Å². The number of aryl methyl sites for hydroxylation is 2. The van der Waals surface area contributed by atoms with Crippen LogP contribution >= 0.6 is 0 Å². The maximum Gasteiger partial charge on any atom is 0.191 e. The van der Waals surface area contributed by atoms with Crippen molar-refractivity contribution < 1.29 is 9.84 Å². The highest BCUT2D eigenvalue weighted by Crippen LogP contribution is 2.16. The van der Waals surface area contributed by atoms with Crippen molar-refractivity contribution >= 4 is 5.96 Å². The molecular weight excluding hydrogens is 378 g/mol. The summed E-state index contributed by atoms with van der Waals surface area (Å²) in [5.41, 5.74) is 4.60. The molecule has 0 radical (unpaired) electrons. The number of nitrogens with one attached hydrogen (secondary N) is 2. The first-order chi connectivity index (χ1) is 14.3. The highest BCUT2D eigenvalue weighted by molar-refractivity contribution is 5.80. The van der Waals surface area contributed by atoms with E-state index < -0.39 is 6.10 Å². The third-order valence-corrected chi connectivity index (χ3v) is 5.16. The number of rotatable bonds is 10. The molecule has 0 saturated heterocycles. The molecule has 30 heavy (non-hydrogen) atoms. The fraction of sp³-hybridized carbons (Fsp3) is 0.565. The number of guanidine groups is 1. The molecule has 7 heteroatoms. The molecule has 3 unspecified atom stereocenters. The maximum absolute atomic E-state index is 10.3. The van der Waals surface area contributed by atoms with Crippen LogP contribution in [0.25, 0.3) is 0 Å². The topological polar surface area (TPSA) is 83.7 Å². The van der Waals surface area contributed by atoms with E-state index in [2.05, 4.69) is 34.6 Å². The van der Waals surface area contributed by atoms with Crippen molar-refractivity contribution in [2.45, 2.75) is 59.3 Å². The Morgan fingerprint density at radius 3 is 2.53 bits per heavy atom. The molecular formula is C23H37N5O2. The zero-order valence-electron chi connectivity index (χ0n) is 19.1. The Hall–Kier alpha value is -2.38. The van der Waals surface area contributed by atoms with Crippen LogP contribution in [0.5, 0.6) is 0 Å². The summed E-state index contributed by atoms with van der Waals surface area (Å²) in [5.74, 6) is 0.694. The van der Waals surface area contributed by atoms with Crippen LogP contribution in [-0.2, 0) is 18.2 Å². The van der Waals surface area contributed by atoms with Crippen molar-refractivity contribution in [2.75, 3.05) is 19.7 Å². The standard InChI is InChI=1S/C23H37N5O2/c1-7-24-23(26-16(2)13-22-17(3)27-28(6)18(22)4)25-14-21(29)15-30-19(5)20-11-9-8-10-12-20/h8-12,16,19,21,29H,7,13-15H2,1-6H3,(H2,24,25,26). The van der Waals surface area contributed by atoms with Gasteiger partial charge in [0.25, 0.3) is 0 Å². The summed E-state index contributed by atoms with van der Waals surface area (Å²) in [6, 6.07) is 10.2. The Kier molecular flexibility index (Phi) is 9.33. The van der Waals surface area contributed by atoms with Gasteiger partial charge in [0.2, 0.25) is 0 Å². The van der Waals surface area contributed by atoms with Crippen LogP contribution in [0, 0.1) is 13.8 Å². The van der Waals surface area contributed by atoms with E-state index in [9.17, 15) is 5.11 Å². The predicted octanol–water partition coefficient (Wildman–Crippen LogP) is 2.66. The van der Waals surface area contributed by atoms with Gasteiger partial charge in [0.1, 0.15) is 0 Å². The quantitative estimate of drug-likeness (QED) is 0.410. The van der Waals surface area contributed by atoms with Gasteiger partial charge in [0.05, 0.1) is 31.1 Å². The Morgan fingerprint density at radius 1 is 1.23 bits per heavy atom. The number of benzene rings is 1. The van der Waals surface area contributed by atoms with Gasteiger partial charge in [-0.05, 0) is 52.2 Å². The molecule has 2 aromatic rings. The highest BCUT2D eigenvalue weighted by atomic mass is 16.5. The minimum absolute atomic E-state index is 0.0674. The molecule has 0 fully saturated rings. The molecule has 0 amide bonds. The van der Waals surface area contributed by atoms with E-state index in [4.69, 9.17) is 4.74 Å². The summed E-state index contributed by atoms with van der Waals surface area (Å²) in [5, 5.41) is 21.5. The smallest absolute Gasteiger partial charge is 0.191 e. The number of hydrogen-bond acceptors (Lipinski definition) is 4. The molecule has 3 atom stereocenters. The molecule has 1 heterocycles. The van der Waals surface area contributed by atoms with Crippen LogP contribution in [0.3, 0.4) is 0 Å². The second kappa shape index (κ2) is 11.7. The van der Waals surface area contributed by atoms with Crippen molar-refractivity contribution in [1.82, 2.24) is 20.4 Å². The second-order valence-corrected chi connectivity index (χ2v) is 7.78. The summed E-state index contributed by atoms with van der Waals surface area (Å²) in [4.78, 5) is 4.54. The lowest BCUT2D eigenvalue weighted by atomic mass is 10.1. The molecule has 1 aromatic heterocycles. The Labute approximate surface area is 180 Å². The number of aliphatic imine (C=N–C) groups is 1. The predicted molar refractivity (Wildman–Crippen MR) is 122 cm³/mol. The summed E-state index contributed by atoms with van der Waals surface area (Å²) < 4.78 is 7.72. The van der Waals surface area contributed by atoms with Gasteiger partial charge in [0.15, 0.2) is 5.96 Å². The molecule has 0 saturated carbocycles. The van der Waals surface area contributed by atoms with Crippen LogP contribution in [0.4, 0.5) is 0 Å². The minimum Gasteiger partial charge on any atom is -0.389 e. The van der Waals surface area contributed by atoms with Gasteiger partial charge in [0, 0.05) is 25.3 Å². The first-order valence-corrected chi connectivity index (χ1v) is 10.7. The zero-order chi connectivity index (χ0) is 22.1. The normalized spacial score (nSPS) is 15.0. The second-order valence-electron chi connectivity index (χ2n) is 7.78. The average molecular weight is 416 g/mol. The van der Waals surface area contributed by atoms with E-state index >= 15 is 0 Å². The number of ether oxygens (including phenoxy) is 1. The third kappa shape index (κ3) is 7.15. The lowest BCUT2D eigenvalue weighted by molar-refractivity contribution is 0.00111. The molecule has 0 aliphatic heterocycles. The molecule has 0 spiro atoms. The van der Waals surface area contributed by atoms with Crippen molar-refractivity contribution in [3.8, 4) is 0 Å². The van der Waals surface area contributed by atoms with E-state index in [1.807, 2.05) is 62.8 Å². The van der Waals surface area contributed by atoms with Gasteiger partial charge in [-0.2, -0.15) is 5.10 Å². The van der Waals surface area contributed by atoms with Crippen LogP contribution in [-0.4, -0.2) is 52.7 Å². The molecule has 0 aliphatic rings. The lowest BCUT2D eigenvalue weighted by Crippen LogP contribution is -2.43. The van der Waals surface area contributed by atoms with Gasteiger partial charge in [-0.15, -0.1) is 0 Å². The molecule has 2 rings (SSSR count). The van der Waals surface area contributed by atoms with Crippen LogP contribution < -0.4 is 10.6 Å². The van der Waals surface area contributed by atoms with Crippen molar-refractivity contribution in [1.29, 1.82) is 0 Å². The fourth-order valence-electron chi connectivity index (χ4n) is 3.35. The molecule has 7 nitrogen and oxygen atoms in total. The lowest BCUT2D eigenvalue weighted by Gasteiger charge is -2.19. The summed E-state index contributed by atoms with van der Waals surface area (Å²) in [6.45, 7) is 11.5. The summed E-state index contributed by atoms with van der Waals surface area (Å²) in [6.07, 6.45) is 0.128. The van der Waals surface area contributed by atoms with E-state index in [1.54, 1.807) is 0 Å². The van der Waals surface area contributed by atoms with Crippen molar-refractivity contribution in [3.05, 3.63) is 52.8 Å². The van der Waals surface area contributed by atoms with Crippen molar-refractivity contribution in [2.24, 2.45) is 12.0 Å². The van der Waals surface area contributed by atoms with Crippen LogP contribution in [0.2, 0.25) is 0 Å². The summed E-state index contributed by atoms with van der Waals surface area (Å²) >= 11 is 0. The third-order valence-electron chi connectivity index (χ3n) is 5.16. The SMILES string of the molecule is CCNC(=NCC(O)COC(C)c1ccccc1)NC(C)Cc1c(C)nn(C)c1C. The van der Waals surface area contributed by atoms with E-state index in [0.717, 1.165) is 24.2 Å². The first-order valence-electron chi connectivity index (χ1n) is 10.7. The van der Waals surface area contributed by atoms with Gasteiger partial charge in [-0.1, -0.05) is 30.3 Å². The number of aliphatic hydroxyl groups is 1. The minimum atomic E-state index is -0.662. The monoisotopic (exact) mass is 415 g/mol. The van der Waals surface area contributed by atoms with Gasteiger partial charge in [-0.3, -0.25) is 9.67 Å². The number of aromatic nitrogens is 2. The van der Waals surface area contributed by atoms with Crippen LogP contribution in [0.1, 0.15) is 49.4 Å². The first kappa shape index (κ1) is 23.9. The average Bonchev–Trinajstić information content (AvgIpc) is 2.97. The Morgan fingerprint density at radius 2 is 1.93 bits per heavy atom. The van der Waals surface area contributed by atoms with E-state index in [0.29, 0.717) is 5.96 Å². The summed E-state index contributed by atoms with van der Waals surface area (Å²) in [7, 11) is 1.97. The molecule has 1 aromatic carbocycles. The van der Waals surface area contributed by atoms with Crippen molar-refractivity contribution in [3.63, 3.8) is 0 Å². The largest absolute Gasteiger partial charge is 0.389 e. The fourth-order valence-corrected chi connectivity index (χ4v) is 3.35. The van der Waals surface area contributed by atoms with Gasteiger partial charge < -0.3 is 20.5 Å². The van der Waals surface area contributed by atoms with Gasteiger partial charge >= 0.3 is 0 Å². The number of nitrogens with zero attached hydrogens (tertiary/aromatic N) is 3. The Balaban J connectivity index is 1.86.